The van der Waals surface area contributed by atoms with Gasteiger partial charge in [0.2, 0.25) is 5.91 Å². The van der Waals surface area contributed by atoms with Gasteiger partial charge in [0.05, 0.1) is 12.9 Å². The van der Waals surface area contributed by atoms with E-state index in [1.165, 1.54) is 6.26 Å². The summed E-state index contributed by atoms with van der Waals surface area (Å²) < 4.78 is 4.99. The summed E-state index contributed by atoms with van der Waals surface area (Å²) in [6.07, 6.45) is 2.96. The standard InChI is InChI=1S/C10H17NO2S/c1-2-13-5-3-4-11-7-9(8-14)6-10(11)12/h2,9,14H,1,3-8H2. The van der Waals surface area contributed by atoms with E-state index in [2.05, 4.69) is 19.2 Å². The zero-order valence-corrected chi connectivity index (χ0v) is 9.21. The number of carbonyl (C=O) groups excluding carboxylic acids is 1. The minimum atomic E-state index is 0.252. The zero-order valence-electron chi connectivity index (χ0n) is 8.32. The molecule has 1 fully saturated rings. The minimum absolute atomic E-state index is 0.252. The quantitative estimate of drug-likeness (QED) is 0.411. The van der Waals surface area contributed by atoms with E-state index < -0.39 is 0 Å². The number of amides is 1. The highest BCUT2D eigenvalue weighted by Gasteiger charge is 2.27. The molecule has 0 bridgehead atoms. The maximum absolute atomic E-state index is 11.4. The summed E-state index contributed by atoms with van der Waals surface area (Å²) in [5.74, 6) is 1.49. The summed E-state index contributed by atoms with van der Waals surface area (Å²) in [7, 11) is 0. The van der Waals surface area contributed by atoms with Crippen molar-refractivity contribution in [3.63, 3.8) is 0 Å². The Hall–Kier alpha value is -0.640. The fourth-order valence-corrected chi connectivity index (χ4v) is 1.86. The molecule has 1 aliphatic rings. The summed E-state index contributed by atoms with van der Waals surface area (Å²) in [5, 5.41) is 0. The molecule has 1 amide bonds. The summed E-state index contributed by atoms with van der Waals surface area (Å²) >= 11 is 4.20. The van der Waals surface area contributed by atoms with Crippen LogP contribution in [0.1, 0.15) is 12.8 Å². The summed E-state index contributed by atoms with van der Waals surface area (Å²) in [6, 6.07) is 0. The molecule has 1 heterocycles. The van der Waals surface area contributed by atoms with Crippen molar-refractivity contribution in [2.75, 3.05) is 25.4 Å². The molecule has 1 saturated heterocycles. The van der Waals surface area contributed by atoms with E-state index in [1.54, 1.807) is 0 Å². The Labute approximate surface area is 90.5 Å². The normalized spacial score (nSPS) is 21.4. The van der Waals surface area contributed by atoms with Crippen molar-refractivity contribution in [2.45, 2.75) is 12.8 Å². The molecular formula is C10H17NO2S. The first-order valence-electron chi connectivity index (χ1n) is 4.89. The van der Waals surface area contributed by atoms with E-state index in [0.717, 1.165) is 25.3 Å². The fraction of sp³-hybridized carbons (Fsp3) is 0.700. The number of thiol groups is 1. The van der Waals surface area contributed by atoms with E-state index in [-0.39, 0.29) is 5.91 Å². The zero-order chi connectivity index (χ0) is 10.4. The van der Waals surface area contributed by atoms with Crippen molar-refractivity contribution in [3.05, 3.63) is 12.8 Å². The Bertz CT molecular complexity index is 208. The molecule has 0 spiro atoms. The molecule has 0 aliphatic carbocycles. The van der Waals surface area contributed by atoms with Gasteiger partial charge in [-0.2, -0.15) is 12.6 Å². The Balaban J connectivity index is 2.18. The van der Waals surface area contributed by atoms with Gasteiger partial charge in [-0.3, -0.25) is 4.79 Å². The van der Waals surface area contributed by atoms with Crippen LogP contribution in [0.5, 0.6) is 0 Å². The van der Waals surface area contributed by atoms with Crippen molar-refractivity contribution < 1.29 is 9.53 Å². The maximum atomic E-state index is 11.4. The van der Waals surface area contributed by atoms with Gasteiger partial charge in [-0.1, -0.05) is 6.58 Å². The highest BCUT2D eigenvalue weighted by Crippen LogP contribution is 2.18. The molecule has 4 heteroatoms. The molecule has 0 aromatic carbocycles. The van der Waals surface area contributed by atoms with Gasteiger partial charge in [-0.15, -0.1) is 0 Å². The lowest BCUT2D eigenvalue weighted by atomic mass is 10.1. The molecule has 14 heavy (non-hydrogen) atoms. The molecule has 0 N–H and O–H groups in total. The molecule has 1 rings (SSSR count). The lowest BCUT2D eigenvalue weighted by Crippen LogP contribution is -2.27. The van der Waals surface area contributed by atoms with Crippen molar-refractivity contribution in [2.24, 2.45) is 5.92 Å². The third-order valence-electron chi connectivity index (χ3n) is 2.36. The van der Waals surface area contributed by atoms with Crippen LogP contribution in [0.25, 0.3) is 0 Å². The van der Waals surface area contributed by atoms with Crippen molar-refractivity contribution >= 4 is 18.5 Å². The van der Waals surface area contributed by atoms with Crippen LogP contribution in [-0.2, 0) is 9.53 Å². The number of hydrogen-bond acceptors (Lipinski definition) is 3. The SMILES string of the molecule is C=COCCCN1CC(CS)CC1=O. The van der Waals surface area contributed by atoms with Crippen molar-refractivity contribution in [3.8, 4) is 0 Å². The number of ether oxygens (including phenoxy) is 1. The largest absolute Gasteiger partial charge is 0.502 e. The minimum Gasteiger partial charge on any atom is -0.502 e. The van der Waals surface area contributed by atoms with Crippen LogP contribution >= 0.6 is 12.6 Å². The number of rotatable bonds is 6. The molecule has 1 unspecified atom stereocenters. The van der Waals surface area contributed by atoms with E-state index in [9.17, 15) is 4.79 Å². The van der Waals surface area contributed by atoms with E-state index in [4.69, 9.17) is 4.74 Å². The molecule has 80 valence electrons. The highest BCUT2D eigenvalue weighted by atomic mass is 32.1. The Morgan fingerprint density at radius 3 is 3.07 bits per heavy atom. The second kappa shape index (κ2) is 5.96. The Morgan fingerprint density at radius 2 is 2.50 bits per heavy atom. The first-order valence-corrected chi connectivity index (χ1v) is 5.52. The van der Waals surface area contributed by atoms with Gasteiger partial charge >= 0.3 is 0 Å². The van der Waals surface area contributed by atoms with Crippen LogP contribution in [0, 0.1) is 5.92 Å². The third kappa shape index (κ3) is 3.25. The number of hydrogen-bond donors (Lipinski definition) is 1. The van der Waals surface area contributed by atoms with Gasteiger partial charge in [0.1, 0.15) is 0 Å². The lowest BCUT2D eigenvalue weighted by Gasteiger charge is -2.15. The van der Waals surface area contributed by atoms with E-state index in [1.807, 2.05) is 4.90 Å². The summed E-state index contributed by atoms with van der Waals surface area (Å²) in [4.78, 5) is 13.3. The van der Waals surface area contributed by atoms with Gasteiger partial charge in [0.25, 0.3) is 0 Å². The average Bonchev–Trinajstić information content (AvgIpc) is 2.54. The number of carbonyl (C=O) groups is 1. The number of nitrogens with zero attached hydrogens (tertiary/aromatic N) is 1. The smallest absolute Gasteiger partial charge is 0.222 e. The average molecular weight is 215 g/mol. The lowest BCUT2D eigenvalue weighted by molar-refractivity contribution is -0.127. The van der Waals surface area contributed by atoms with Crippen molar-refractivity contribution in [1.82, 2.24) is 4.90 Å². The Kier molecular flexibility index (Phi) is 4.87. The molecule has 0 saturated carbocycles. The van der Waals surface area contributed by atoms with Crippen LogP contribution in [0.3, 0.4) is 0 Å². The van der Waals surface area contributed by atoms with Gasteiger partial charge in [0, 0.05) is 19.5 Å². The van der Waals surface area contributed by atoms with Crippen LogP contribution in [0.2, 0.25) is 0 Å². The number of likely N-dealkylation sites (tertiary alicyclic amines) is 1. The predicted molar refractivity (Wildman–Crippen MR) is 59.3 cm³/mol. The monoisotopic (exact) mass is 215 g/mol. The van der Waals surface area contributed by atoms with Crippen molar-refractivity contribution in [1.29, 1.82) is 0 Å². The van der Waals surface area contributed by atoms with Crippen LogP contribution in [0.15, 0.2) is 12.8 Å². The highest BCUT2D eigenvalue weighted by molar-refractivity contribution is 7.80. The first kappa shape index (κ1) is 11.4. The summed E-state index contributed by atoms with van der Waals surface area (Å²) in [6.45, 7) is 5.74. The Morgan fingerprint density at radius 1 is 1.71 bits per heavy atom. The first-order chi connectivity index (χ1) is 6.77. The van der Waals surface area contributed by atoms with Crippen LogP contribution < -0.4 is 0 Å². The topological polar surface area (TPSA) is 29.5 Å². The molecule has 0 aromatic heterocycles. The van der Waals surface area contributed by atoms with Gasteiger partial charge in [-0.05, 0) is 18.1 Å². The molecule has 3 nitrogen and oxygen atoms in total. The van der Waals surface area contributed by atoms with Crippen LogP contribution in [-0.4, -0.2) is 36.3 Å². The van der Waals surface area contributed by atoms with Gasteiger partial charge in [-0.25, -0.2) is 0 Å². The molecule has 0 radical (unpaired) electrons. The molecule has 1 atom stereocenters. The molecular weight excluding hydrogens is 198 g/mol. The summed E-state index contributed by atoms with van der Waals surface area (Å²) in [5.41, 5.74) is 0. The fourth-order valence-electron chi connectivity index (χ4n) is 1.61. The van der Waals surface area contributed by atoms with Gasteiger partial charge in [0.15, 0.2) is 0 Å². The molecule has 1 aliphatic heterocycles. The predicted octanol–water partition coefficient (Wildman–Crippen LogP) is 1.31. The van der Waals surface area contributed by atoms with E-state index >= 15 is 0 Å². The second-order valence-corrected chi connectivity index (χ2v) is 3.85. The van der Waals surface area contributed by atoms with E-state index in [0.29, 0.717) is 18.9 Å². The maximum Gasteiger partial charge on any atom is 0.222 e. The molecule has 0 aromatic rings. The third-order valence-corrected chi connectivity index (χ3v) is 2.88. The van der Waals surface area contributed by atoms with Crippen LogP contribution in [0.4, 0.5) is 0 Å². The van der Waals surface area contributed by atoms with Gasteiger partial charge < -0.3 is 9.64 Å². The second-order valence-electron chi connectivity index (χ2n) is 3.48.